The second kappa shape index (κ2) is 7.60. The van der Waals surface area contributed by atoms with E-state index in [4.69, 9.17) is 48.8 Å². The Morgan fingerprint density at radius 3 is 2.62 bits per heavy atom. The fourth-order valence-electron chi connectivity index (χ4n) is 5.66. The summed E-state index contributed by atoms with van der Waals surface area (Å²) in [6.07, 6.45) is 2.72. The van der Waals surface area contributed by atoms with E-state index in [0.717, 1.165) is 12.0 Å². The summed E-state index contributed by atoms with van der Waals surface area (Å²) in [4.78, 5) is 11.2. The van der Waals surface area contributed by atoms with E-state index in [9.17, 15) is 4.79 Å². The number of methoxy groups -OCH3 is 1. The minimum atomic E-state index is -1.15. The highest BCUT2D eigenvalue weighted by Crippen LogP contribution is 2.65. The second-order valence-corrected chi connectivity index (χ2v) is 10.9. The van der Waals surface area contributed by atoms with Crippen molar-refractivity contribution in [2.75, 3.05) is 7.11 Å². The van der Waals surface area contributed by atoms with Crippen molar-refractivity contribution in [3.05, 3.63) is 29.3 Å². The van der Waals surface area contributed by atoms with Crippen LogP contribution in [0.5, 0.6) is 5.75 Å². The largest absolute Gasteiger partial charge is 0.496 e. The van der Waals surface area contributed by atoms with E-state index < -0.39 is 23.0 Å². The van der Waals surface area contributed by atoms with Gasteiger partial charge in [0.2, 0.25) is 0 Å². The van der Waals surface area contributed by atoms with Crippen LogP contribution in [0.3, 0.4) is 0 Å². The Labute approximate surface area is 187 Å². The van der Waals surface area contributed by atoms with Gasteiger partial charge in [-0.3, -0.25) is 4.79 Å². The summed E-state index contributed by atoms with van der Waals surface area (Å²) in [5, 5.41) is -0.417. The van der Waals surface area contributed by atoms with Crippen molar-refractivity contribution in [3.8, 4) is 5.75 Å². The Balaban J connectivity index is 1.52. The van der Waals surface area contributed by atoms with Crippen LogP contribution in [0.25, 0.3) is 0 Å². The highest BCUT2D eigenvalue weighted by Gasteiger charge is 2.68. The number of hydrogen-bond acceptors (Lipinski definition) is 4. The topological polar surface area (TPSA) is 44.8 Å². The first-order chi connectivity index (χ1) is 13.6. The van der Waals surface area contributed by atoms with Crippen LogP contribution in [0.2, 0.25) is 0 Å². The number of ether oxygens (including phenoxy) is 1. The summed E-state index contributed by atoms with van der Waals surface area (Å²) in [5.74, 6) is 1.21. The monoisotopic (exact) mass is 458 g/mol. The molecule has 29 heavy (non-hydrogen) atoms. The number of alkyl halides is 3. The summed E-state index contributed by atoms with van der Waals surface area (Å²) >= 11 is 18.3. The molecule has 4 aliphatic rings. The quantitative estimate of drug-likeness (QED) is 0.337. The van der Waals surface area contributed by atoms with Crippen LogP contribution in [-0.2, 0) is 15.7 Å². The zero-order valence-corrected chi connectivity index (χ0v) is 19.4. The number of carbonyl (C=O) groups excluding carboxylic acids is 1. The molecule has 4 nitrogen and oxygen atoms in total. The highest BCUT2D eigenvalue weighted by atomic mass is 35.5. The third-order valence-electron chi connectivity index (χ3n) is 7.44. The molecule has 0 spiro atoms. The van der Waals surface area contributed by atoms with Crippen LogP contribution in [0.4, 0.5) is 0 Å². The van der Waals surface area contributed by atoms with Gasteiger partial charge in [0.1, 0.15) is 5.75 Å². The van der Waals surface area contributed by atoms with E-state index >= 15 is 0 Å². The van der Waals surface area contributed by atoms with Gasteiger partial charge in [0.25, 0.3) is 0 Å². The lowest BCUT2D eigenvalue weighted by Gasteiger charge is -2.64. The third kappa shape index (κ3) is 3.42. The van der Waals surface area contributed by atoms with Crippen molar-refractivity contribution in [3.63, 3.8) is 0 Å². The zero-order valence-electron chi connectivity index (χ0n) is 17.1. The van der Waals surface area contributed by atoms with E-state index in [2.05, 4.69) is 20.8 Å². The number of halogens is 3. The van der Waals surface area contributed by atoms with Gasteiger partial charge in [-0.05, 0) is 55.1 Å². The minimum absolute atomic E-state index is 0.0774. The number of Topliss-reactive ketones (excluding diaryl/α,β-unsaturated/α-hetero) is 1. The van der Waals surface area contributed by atoms with E-state index in [0.29, 0.717) is 29.6 Å². The van der Waals surface area contributed by atoms with Crippen LogP contribution >= 0.6 is 34.8 Å². The molecule has 5 atom stereocenters. The summed E-state index contributed by atoms with van der Waals surface area (Å²) < 4.78 is 18.2. The van der Waals surface area contributed by atoms with Crippen LogP contribution in [0, 0.1) is 17.3 Å². The van der Waals surface area contributed by atoms with Crippen LogP contribution in [-0.4, -0.2) is 41.8 Å². The molecule has 3 aliphatic carbocycles. The standard InChI is InChI=1S/C21H26BCl3O4/c1-20(2)12-9-14(20)21(3)15(10-12)28-22(29-21)16(23)8-11-6-5-7-13(18(11)27-4)17(26)19(24)25/h5-7,12,14-16,19H,8-10H2,1-4H3/t12-,14-,15+,16+,21-/m0/s1. The molecule has 0 unspecified atom stereocenters. The maximum Gasteiger partial charge on any atom is 0.477 e. The van der Waals surface area contributed by atoms with Crippen LogP contribution in [0.1, 0.15) is 49.5 Å². The van der Waals surface area contributed by atoms with Crippen molar-refractivity contribution in [2.45, 2.75) is 61.9 Å². The van der Waals surface area contributed by atoms with E-state index in [1.807, 2.05) is 6.07 Å². The smallest absolute Gasteiger partial charge is 0.477 e. The molecule has 5 rings (SSSR count). The molecule has 0 N–H and O–H groups in total. The molecule has 4 fully saturated rings. The molecule has 1 aromatic carbocycles. The molecule has 0 radical (unpaired) electrons. The van der Waals surface area contributed by atoms with Crippen molar-refractivity contribution in [1.29, 1.82) is 0 Å². The third-order valence-corrected chi connectivity index (χ3v) is 8.20. The molecular weight excluding hydrogens is 433 g/mol. The number of benzene rings is 1. The molecule has 1 heterocycles. The fraction of sp³-hybridized carbons (Fsp3) is 0.667. The summed E-state index contributed by atoms with van der Waals surface area (Å²) in [7, 11) is 1.02. The number of carbonyl (C=O) groups is 1. The molecule has 0 aromatic heterocycles. The average molecular weight is 460 g/mol. The molecule has 3 saturated carbocycles. The van der Waals surface area contributed by atoms with E-state index in [1.165, 1.54) is 13.5 Å². The second-order valence-electron chi connectivity index (χ2n) is 9.22. The first-order valence-electron chi connectivity index (χ1n) is 10.0. The summed E-state index contributed by atoms with van der Waals surface area (Å²) in [6, 6.07) is 5.31. The lowest BCUT2D eigenvalue weighted by Crippen LogP contribution is -2.65. The Hall–Kier alpha value is -0.455. The fourth-order valence-corrected chi connectivity index (χ4v) is 6.17. The maximum absolute atomic E-state index is 12.3. The Bertz CT molecular complexity index is 817. The van der Waals surface area contributed by atoms with E-state index in [-0.39, 0.29) is 17.1 Å². The van der Waals surface area contributed by atoms with Gasteiger partial charge in [0.15, 0.2) is 10.6 Å². The number of ketones is 1. The maximum atomic E-state index is 12.3. The molecule has 1 saturated heterocycles. The van der Waals surface area contributed by atoms with Gasteiger partial charge in [-0.25, -0.2) is 0 Å². The van der Waals surface area contributed by atoms with Gasteiger partial charge >= 0.3 is 7.12 Å². The predicted molar refractivity (Wildman–Crippen MR) is 116 cm³/mol. The molecule has 8 heteroatoms. The molecular formula is C21H26BCl3O4. The van der Waals surface area contributed by atoms with Gasteiger partial charge in [-0.15, -0.1) is 11.6 Å². The predicted octanol–water partition coefficient (Wildman–Crippen LogP) is 5.10. The van der Waals surface area contributed by atoms with Crippen LogP contribution < -0.4 is 4.74 Å². The Morgan fingerprint density at radius 1 is 1.28 bits per heavy atom. The van der Waals surface area contributed by atoms with Gasteiger partial charge in [-0.1, -0.05) is 49.2 Å². The van der Waals surface area contributed by atoms with Crippen molar-refractivity contribution >= 4 is 47.7 Å². The number of para-hydroxylation sites is 1. The van der Waals surface area contributed by atoms with Crippen LogP contribution in [0.15, 0.2) is 18.2 Å². The van der Waals surface area contributed by atoms with Crippen molar-refractivity contribution < 1.29 is 18.8 Å². The number of rotatable bonds is 6. The molecule has 158 valence electrons. The first-order valence-corrected chi connectivity index (χ1v) is 11.4. The van der Waals surface area contributed by atoms with Gasteiger partial charge in [0.05, 0.1) is 29.7 Å². The Kier molecular flexibility index (Phi) is 5.70. The SMILES string of the molecule is COc1c(C[C@@H](Cl)B2O[C@@H]3C[C@@H]4C[C@@H](C4(C)C)[C@]3(C)O2)cccc1C(=O)C(Cl)Cl. The minimum Gasteiger partial charge on any atom is -0.496 e. The summed E-state index contributed by atoms with van der Waals surface area (Å²) in [5.41, 5.74) is 1.12. The number of hydrogen-bond donors (Lipinski definition) is 0. The molecule has 0 amide bonds. The van der Waals surface area contributed by atoms with E-state index in [1.54, 1.807) is 12.1 Å². The lowest BCUT2D eigenvalue weighted by molar-refractivity contribution is -0.199. The van der Waals surface area contributed by atoms with Gasteiger partial charge in [0, 0.05) is 0 Å². The average Bonchev–Trinajstić information content (AvgIpc) is 3.04. The highest BCUT2D eigenvalue weighted by molar-refractivity contribution is 6.60. The normalized spacial score (nSPS) is 33.2. The molecule has 1 aromatic rings. The van der Waals surface area contributed by atoms with Crippen molar-refractivity contribution in [1.82, 2.24) is 0 Å². The molecule has 2 bridgehead atoms. The van der Waals surface area contributed by atoms with Gasteiger partial charge < -0.3 is 14.0 Å². The van der Waals surface area contributed by atoms with Gasteiger partial charge in [-0.2, -0.15) is 0 Å². The zero-order chi connectivity index (χ0) is 21.1. The lowest BCUT2D eigenvalue weighted by atomic mass is 9.43. The first kappa shape index (κ1) is 21.8. The van der Waals surface area contributed by atoms with Crippen molar-refractivity contribution in [2.24, 2.45) is 17.3 Å². The molecule has 1 aliphatic heterocycles. The Morgan fingerprint density at radius 2 is 2.00 bits per heavy atom. The summed E-state index contributed by atoms with van der Waals surface area (Å²) in [6.45, 7) is 6.83.